The lowest BCUT2D eigenvalue weighted by Gasteiger charge is -2.23. The van der Waals surface area contributed by atoms with Crippen molar-refractivity contribution in [2.24, 2.45) is 0 Å². The molecule has 2 unspecified atom stereocenters. The van der Waals surface area contributed by atoms with Gasteiger partial charge in [-0.2, -0.15) is 0 Å². The number of nitrogens with zero attached hydrogens (tertiary/aromatic N) is 1. The van der Waals surface area contributed by atoms with Crippen LogP contribution in [-0.2, 0) is 14.3 Å². The van der Waals surface area contributed by atoms with E-state index in [1.54, 1.807) is 18.2 Å². The zero-order valence-corrected chi connectivity index (χ0v) is 15.0. The molecule has 1 aliphatic heterocycles. The van der Waals surface area contributed by atoms with Crippen LogP contribution in [0.5, 0.6) is 5.75 Å². The number of benzene rings is 1. The SMILES string of the molecule is COC(=O)COc1ccc(/C=C\C2NC(=O)NC(=O)C2[N+](=O)[O-])cc1Br. The highest BCUT2D eigenvalue weighted by atomic mass is 79.9. The third kappa shape index (κ3) is 4.79. The van der Waals surface area contributed by atoms with Crippen LogP contribution in [0.25, 0.3) is 6.08 Å². The fourth-order valence-electron chi connectivity index (χ4n) is 2.14. The van der Waals surface area contributed by atoms with Gasteiger partial charge < -0.3 is 14.8 Å². The summed E-state index contributed by atoms with van der Waals surface area (Å²) in [5, 5.41) is 15.2. The molecule has 11 heteroatoms. The standard InChI is InChI=1S/C15H14BrN3O7/c1-25-12(20)7-26-11-5-3-8(6-9(11)16)2-4-10-13(19(23)24)14(21)18-15(22)17-10/h2-6,10,13H,7H2,1H3,(H2,17,18,21,22)/b4-2-. The number of imide groups is 1. The monoisotopic (exact) mass is 427 g/mol. The summed E-state index contributed by atoms with van der Waals surface area (Å²) in [5.41, 5.74) is 0.629. The van der Waals surface area contributed by atoms with Crippen molar-refractivity contribution < 1.29 is 28.8 Å². The van der Waals surface area contributed by atoms with Crippen molar-refractivity contribution in [2.45, 2.75) is 12.1 Å². The number of carbonyl (C=O) groups is 3. The predicted molar refractivity (Wildman–Crippen MR) is 91.9 cm³/mol. The Labute approximate surface area is 155 Å². The molecule has 0 spiro atoms. The molecule has 0 bridgehead atoms. The Morgan fingerprint density at radius 1 is 1.42 bits per heavy atom. The van der Waals surface area contributed by atoms with Crippen LogP contribution in [0.3, 0.4) is 0 Å². The zero-order valence-electron chi connectivity index (χ0n) is 13.4. The van der Waals surface area contributed by atoms with Gasteiger partial charge in [-0.25, -0.2) is 9.59 Å². The quantitative estimate of drug-likeness (QED) is 0.390. The minimum atomic E-state index is -1.62. The van der Waals surface area contributed by atoms with Crippen LogP contribution in [-0.4, -0.2) is 48.6 Å². The third-order valence-electron chi connectivity index (χ3n) is 3.40. The number of urea groups is 1. The topological polar surface area (TPSA) is 137 Å². The molecule has 0 aliphatic carbocycles. The number of rotatable bonds is 6. The fraction of sp³-hybridized carbons (Fsp3) is 0.267. The van der Waals surface area contributed by atoms with E-state index in [0.29, 0.717) is 15.8 Å². The summed E-state index contributed by atoms with van der Waals surface area (Å²) >= 11 is 3.29. The van der Waals surface area contributed by atoms with Crippen molar-refractivity contribution in [1.29, 1.82) is 0 Å². The van der Waals surface area contributed by atoms with Gasteiger partial charge in [0.05, 0.1) is 11.6 Å². The van der Waals surface area contributed by atoms with Gasteiger partial charge in [0.2, 0.25) is 0 Å². The number of ether oxygens (including phenoxy) is 2. The van der Waals surface area contributed by atoms with Crippen molar-refractivity contribution >= 4 is 39.9 Å². The molecule has 3 amide bonds. The number of nitrogens with one attached hydrogen (secondary N) is 2. The molecular weight excluding hydrogens is 414 g/mol. The second-order valence-electron chi connectivity index (χ2n) is 5.13. The van der Waals surface area contributed by atoms with Crippen LogP contribution < -0.4 is 15.4 Å². The van der Waals surface area contributed by atoms with Gasteiger partial charge in [-0.05, 0) is 33.6 Å². The number of esters is 1. The van der Waals surface area contributed by atoms with Gasteiger partial charge in [0.1, 0.15) is 11.8 Å². The van der Waals surface area contributed by atoms with Gasteiger partial charge in [0.25, 0.3) is 0 Å². The zero-order chi connectivity index (χ0) is 19.3. The van der Waals surface area contributed by atoms with Crippen LogP contribution in [0.4, 0.5) is 4.79 Å². The Balaban J connectivity index is 2.12. The van der Waals surface area contributed by atoms with Gasteiger partial charge >= 0.3 is 23.9 Å². The maximum absolute atomic E-state index is 11.6. The molecule has 1 aromatic carbocycles. The van der Waals surface area contributed by atoms with Gasteiger partial charge in [0.15, 0.2) is 6.61 Å². The average molecular weight is 428 g/mol. The van der Waals surface area contributed by atoms with E-state index in [1.165, 1.54) is 19.3 Å². The summed E-state index contributed by atoms with van der Waals surface area (Å²) in [7, 11) is 1.25. The molecule has 1 saturated heterocycles. The maximum Gasteiger partial charge on any atom is 0.343 e. The van der Waals surface area contributed by atoms with Gasteiger partial charge in [-0.3, -0.25) is 20.2 Å². The Morgan fingerprint density at radius 2 is 2.15 bits per heavy atom. The molecule has 1 aromatic rings. The van der Waals surface area contributed by atoms with E-state index in [2.05, 4.69) is 26.0 Å². The highest BCUT2D eigenvalue weighted by Gasteiger charge is 2.43. The lowest BCUT2D eigenvalue weighted by atomic mass is 10.0. The van der Waals surface area contributed by atoms with E-state index < -0.39 is 34.9 Å². The van der Waals surface area contributed by atoms with E-state index in [4.69, 9.17) is 4.74 Å². The highest BCUT2D eigenvalue weighted by Crippen LogP contribution is 2.26. The van der Waals surface area contributed by atoms with E-state index in [9.17, 15) is 24.5 Å². The summed E-state index contributed by atoms with van der Waals surface area (Å²) in [6.45, 7) is -0.252. The predicted octanol–water partition coefficient (Wildman–Crippen LogP) is 0.867. The summed E-state index contributed by atoms with van der Waals surface area (Å²) in [4.78, 5) is 44.3. The first-order valence-electron chi connectivity index (χ1n) is 7.24. The molecule has 1 aliphatic rings. The van der Waals surface area contributed by atoms with E-state index in [0.717, 1.165) is 0 Å². The van der Waals surface area contributed by atoms with E-state index in [1.807, 2.05) is 5.32 Å². The number of carbonyl (C=O) groups excluding carboxylic acids is 3. The van der Waals surface area contributed by atoms with Crippen LogP contribution in [0.1, 0.15) is 5.56 Å². The Hall–Kier alpha value is -2.95. The molecule has 2 N–H and O–H groups in total. The lowest BCUT2D eigenvalue weighted by Crippen LogP contribution is -2.62. The summed E-state index contributed by atoms with van der Waals surface area (Å²) in [6, 6.07) is 1.38. The second-order valence-corrected chi connectivity index (χ2v) is 5.99. The Kier molecular flexibility index (Phi) is 6.28. The molecule has 0 aromatic heterocycles. The first-order chi connectivity index (χ1) is 12.3. The molecule has 0 saturated carbocycles. The highest BCUT2D eigenvalue weighted by molar-refractivity contribution is 9.10. The molecule has 10 nitrogen and oxygen atoms in total. The first-order valence-corrected chi connectivity index (χ1v) is 8.03. The van der Waals surface area contributed by atoms with Crippen LogP contribution in [0.2, 0.25) is 0 Å². The molecule has 0 radical (unpaired) electrons. The maximum atomic E-state index is 11.6. The minimum absolute atomic E-state index is 0.252. The summed E-state index contributed by atoms with van der Waals surface area (Å²) in [6.07, 6.45) is 2.88. The fourth-order valence-corrected chi connectivity index (χ4v) is 2.65. The number of nitro groups is 1. The molecule has 2 rings (SSSR count). The Bertz CT molecular complexity index is 781. The van der Waals surface area contributed by atoms with Gasteiger partial charge in [-0.15, -0.1) is 0 Å². The number of amides is 3. The lowest BCUT2D eigenvalue weighted by molar-refractivity contribution is -0.510. The number of hydrogen-bond donors (Lipinski definition) is 2. The van der Waals surface area contributed by atoms with E-state index in [-0.39, 0.29) is 6.61 Å². The first kappa shape index (κ1) is 19.4. The molecule has 1 fully saturated rings. The van der Waals surface area contributed by atoms with Crippen molar-refractivity contribution in [1.82, 2.24) is 10.6 Å². The molecule has 1 heterocycles. The number of hydrogen-bond acceptors (Lipinski definition) is 7. The molecular formula is C15H14BrN3O7. The smallest absolute Gasteiger partial charge is 0.343 e. The van der Waals surface area contributed by atoms with E-state index >= 15 is 0 Å². The third-order valence-corrected chi connectivity index (χ3v) is 4.02. The molecule has 138 valence electrons. The van der Waals surface area contributed by atoms with Crippen molar-refractivity contribution in [3.63, 3.8) is 0 Å². The van der Waals surface area contributed by atoms with Crippen LogP contribution >= 0.6 is 15.9 Å². The number of methoxy groups -OCH3 is 1. The van der Waals surface area contributed by atoms with Crippen molar-refractivity contribution in [2.75, 3.05) is 13.7 Å². The van der Waals surface area contributed by atoms with Crippen LogP contribution in [0, 0.1) is 10.1 Å². The second kappa shape index (κ2) is 8.43. The van der Waals surface area contributed by atoms with Crippen molar-refractivity contribution in [3.05, 3.63) is 44.4 Å². The molecule has 2 atom stereocenters. The minimum Gasteiger partial charge on any atom is -0.481 e. The summed E-state index contributed by atoms with van der Waals surface area (Å²) < 4.78 is 10.3. The van der Waals surface area contributed by atoms with Gasteiger partial charge in [0, 0.05) is 4.92 Å². The normalized spacial score (nSPS) is 19.6. The Morgan fingerprint density at radius 3 is 2.77 bits per heavy atom. The van der Waals surface area contributed by atoms with Crippen LogP contribution in [0.15, 0.2) is 28.7 Å². The summed E-state index contributed by atoms with van der Waals surface area (Å²) in [5.74, 6) is -1.10. The largest absolute Gasteiger partial charge is 0.481 e. The average Bonchev–Trinajstić information content (AvgIpc) is 2.57. The van der Waals surface area contributed by atoms with Gasteiger partial charge in [-0.1, -0.05) is 18.2 Å². The molecule has 26 heavy (non-hydrogen) atoms. The van der Waals surface area contributed by atoms with Crippen molar-refractivity contribution in [3.8, 4) is 5.75 Å². The number of halogens is 1.